The number of fused-ring (bicyclic) bond motifs is 1. The second-order valence-electron chi connectivity index (χ2n) is 6.69. The van der Waals surface area contributed by atoms with Crippen LogP contribution in [0.25, 0.3) is 0 Å². The number of carbonyl (C=O) groups is 1. The minimum Gasteiger partial charge on any atom is -0.334 e. The predicted molar refractivity (Wildman–Crippen MR) is 96.4 cm³/mol. The Bertz CT molecular complexity index is 708. The zero-order chi connectivity index (χ0) is 17.1. The van der Waals surface area contributed by atoms with E-state index in [4.69, 9.17) is 0 Å². The van der Waals surface area contributed by atoms with Crippen LogP contribution in [0.1, 0.15) is 29.7 Å². The maximum Gasteiger partial charge on any atom is 0.240 e. The van der Waals surface area contributed by atoms with Gasteiger partial charge in [0.15, 0.2) is 5.13 Å². The lowest BCUT2D eigenvalue weighted by Crippen LogP contribution is -2.32. The number of likely N-dealkylation sites (N-methyl/N-ethyl adjacent to an activating group) is 1. The van der Waals surface area contributed by atoms with Crippen molar-refractivity contribution in [3.8, 4) is 0 Å². The first kappa shape index (κ1) is 17.1. The number of hydrogen-bond donors (Lipinski definition) is 1. The van der Waals surface area contributed by atoms with Gasteiger partial charge >= 0.3 is 0 Å². The van der Waals surface area contributed by atoms with Crippen molar-refractivity contribution in [2.75, 3.05) is 25.5 Å². The summed E-state index contributed by atoms with van der Waals surface area (Å²) in [6, 6.07) is 0. The highest BCUT2D eigenvalue weighted by molar-refractivity contribution is 7.15. The van der Waals surface area contributed by atoms with Crippen LogP contribution in [0, 0.1) is 12.8 Å². The van der Waals surface area contributed by atoms with Crippen LogP contribution >= 0.6 is 11.3 Å². The number of nitrogens with zero attached hydrogens (tertiary/aromatic N) is 4. The number of hydrogen-bond acceptors (Lipinski definition) is 5. The van der Waals surface area contributed by atoms with Gasteiger partial charge in [-0.3, -0.25) is 9.69 Å². The molecule has 3 rings (SSSR count). The number of anilines is 1. The van der Waals surface area contributed by atoms with E-state index in [1.807, 2.05) is 25.1 Å². The van der Waals surface area contributed by atoms with Crippen LogP contribution in [0.2, 0.25) is 0 Å². The fourth-order valence-electron chi connectivity index (χ4n) is 2.99. The van der Waals surface area contributed by atoms with E-state index in [1.54, 1.807) is 17.5 Å². The fourth-order valence-corrected chi connectivity index (χ4v) is 4.18. The van der Waals surface area contributed by atoms with Gasteiger partial charge in [-0.2, -0.15) is 0 Å². The Labute approximate surface area is 146 Å². The zero-order valence-corrected chi connectivity index (χ0v) is 15.4. The van der Waals surface area contributed by atoms with Crippen LogP contribution < -0.4 is 5.32 Å². The summed E-state index contributed by atoms with van der Waals surface area (Å²) in [7, 11) is 1.96. The molecule has 1 atom stereocenters. The molecule has 0 radical (unpaired) electrons. The number of thiazole rings is 1. The number of amides is 1. The first-order valence-corrected chi connectivity index (χ1v) is 9.27. The van der Waals surface area contributed by atoms with E-state index in [0.717, 1.165) is 42.8 Å². The topological polar surface area (TPSA) is 63.1 Å². The van der Waals surface area contributed by atoms with E-state index in [1.165, 1.54) is 17.0 Å². The third kappa shape index (κ3) is 4.21. The smallest absolute Gasteiger partial charge is 0.240 e. The SMILES string of the molecule is Cc1nccn1CCN(C)CC(=O)Nc1nc2c(s1)CC(C)CC2. The lowest BCUT2D eigenvalue weighted by molar-refractivity contribution is -0.117. The lowest BCUT2D eigenvalue weighted by Gasteiger charge is -2.16. The van der Waals surface area contributed by atoms with Crippen molar-refractivity contribution < 1.29 is 4.79 Å². The summed E-state index contributed by atoms with van der Waals surface area (Å²) in [5.74, 6) is 1.72. The molecule has 1 amide bonds. The predicted octanol–water partition coefficient (Wildman–Crippen LogP) is 2.34. The van der Waals surface area contributed by atoms with E-state index < -0.39 is 0 Å². The molecular weight excluding hydrogens is 322 g/mol. The van der Waals surface area contributed by atoms with Gasteiger partial charge in [0.25, 0.3) is 0 Å². The second-order valence-corrected chi connectivity index (χ2v) is 7.77. The Hall–Kier alpha value is -1.73. The van der Waals surface area contributed by atoms with Crippen molar-refractivity contribution in [3.05, 3.63) is 28.8 Å². The molecule has 2 aromatic heterocycles. The molecule has 1 aliphatic carbocycles. The molecule has 24 heavy (non-hydrogen) atoms. The molecule has 1 aliphatic rings. The summed E-state index contributed by atoms with van der Waals surface area (Å²) >= 11 is 1.63. The van der Waals surface area contributed by atoms with Gasteiger partial charge in [-0.25, -0.2) is 9.97 Å². The van der Waals surface area contributed by atoms with Gasteiger partial charge in [0.1, 0.15) is 5.82 Å². The normalized spacial score (nSPS) is 17.1. The minimum absolute atomic E-state index is 0.000927. The molecule has 0 saturated heterocycles. The van der Waals surface area contributed by atoms with Crippen molar-refractivity contribution >= 4 is 22.4 Å². The van der Waals surface area contributed by atoms with E-state index in [0.29, 0.717) is 6.54 Å². The Morgan fingerprint density at radius 2 is 2.38 bits per heavy atom. The van der Waals surface area contributed by atoms with Gasteiger partial charge in [-0.05, 0) is 39.2 Å². The summed E-state index contributed by atoms with van der Waals surface area (Å²) in [5.41, 5.74) is 1.18. The van der Waals surface area contributed by atoms with Gasteiger partial charge < -0.3 is 9.88 Å². The molecule has 130 valence electrons. The average Bonchev–Trinajstić information content (AvgIpc) is 3.10. The molecule has 0 bridgehead atoms. The zero-order valence-electron chi connectivity index (χ0n) is 14.6. The van der Waals surface area contributed by atoms with Crippen molar-refractivity contribution in [1.29, 1.82) is 0 Å². The summed E-state index contributed by atoms with van der Waals surface area (Å²) in [6.45, 7) is 6.26. The molecule has 6 nitrogen and oxygen atoms in total. The summed E-state index contributed by atoms with van der Waals surface area (Å²) < 4.78 is 2.09. The molecule has 0 spiro atoms. The van der Waals surface area contributed by atoms with E-state index >= 15 is 0 Å². The highest BCUT2D eigenvalue weighted by Crippen LogP contribution is 2.31. The van der Waals surface area contributed by atoms with Crippen molar-refractivity contribution in [1.82, 2.24) is 19.4 Å². The molecule has 2 heterocycles. The number of aromatic nitrogens is 3. The largest absolute Gasteiger partial charge is 0.334 e. The van der Waals surface area contributed by atoms with Crippen LogP contribution in [0.4, 0.5) is 5.13 Å². The van der Waals surface area contributed by atoms with Crippen LogP contribution in [-0.4, -0.2) is 45.5 Å². The van der Waals surface area contributed by atoms with Crippen molar-refractivity contribution in [3.63, 3.8) is 0 Å². The summed E-state index contributed by atoms with van der Waals surface area (Å²) in [5, 5.41) is 3.71. The highest BCUT2D eigenvalue weighted by Gasteiger charge is 2.20. The molecule has 1 N–H and O–H groups in total. The van der Waals surface area contributed by atoms with E-state index in [9.17, 15) is 4.79 Å². The van der Waals surface area contributed by atoms with Gasteiger partial charge in [0.2, 0.25) is 5.91 Å². The molecule has 0 aromatic carbocycles. The lowest BCUT2D eigenvalue weighted by atomic mass is 9.93. The molecule has 0 fully saturated rings. The van der Waals surface area contributed by atoms with E-state index in [2.05, 4.69) is 26.8 Å². The molecule has 0 aliphatic heterocycles. The second kappa shape index (κ2) is 7.44. The third-order valence-corrected chi connectivity index (χ3v) is 5.53. The number of aryl methyl sites for hydroxylation is 2. The standard InChI is InChI=1S/C17H25N5OS/c1-12-4-5-14-15(10-12)24-17(19-14)20-16(23)11-21(3)8-9-22-7-6-18-13(22)2/h6-7,12H,4-5,8-11H2,1-3H3,(H,19,20,23). The van der Waals surface area contributed by atoms with Gasteiger partial charge in [-0.15, -0.1) is 11.3 Å². The number of rotatable bonds is 6. The molecule has 1 unspecified atom stereocenters. The molecule has 2 aromatic rings. The fraction of sp³-hybridized carbons (Fsp3) is 0.588. The van der Waals surface area contributed by atoms with E-state index in [-0.39, 0.29) is 5.91 Å². The van der Waals surface area contributed by atoms with Crippen LogP contribution in [0.3, 0.4) is 0 Å². The number of nitrogens with one attached hydrogen (secondary N) is 1. The van der Waals surface area contributed by atoms with Crippen molar-refractivity contribution in [2.24, 2.45) is 5.92 Å². The van der Waals surface area contributed by atoms with Gasteiger partial charge in [0, 0.05) is 30.4 Å². The Morgan fingerprint density at radius 1 is 1.54 bits per heavy atom. The summed E-state index contributed by atoms with van der Waals surface area (Å²) in [4.78, 5) is 24.4. The van der Waals surface area contributed by atoms with Gasteiger partial charge in [-0.1, -0.05) is 6.92 Å². The molecule has 7 heteroatoms. The monoisotopic (exact) mass is 347 g/mol. The van der Waals surface area contributed by atoms with Crippen LogP contribution in [0.15, 0.2) is 12.4 Å². The van der Waals surface area contributed by atoms with Crippen molar-refractivity contribution in [2.45, 2.75) is 39.7 Å². The van der Waals surface area contributed by atoms with Gasteiger partial charge in [0.05, 0.1) is 12.2 Å². The first-order chi connectivity index (χ1) is 11.5. The average molecular weight is 347 g/mol. The Kier molecular flexibility index (Phi) is 5.30. The number of imidazole rings is 1. The highest BCUT2D eigenvalue weighted by atomic mass is 32.1. The Balaban J connectivity index is 1.47. The minimum atomic E-state index is -0.000927. The first-order valence-electron chi connectivity index (χ1n) is 8.46. The Morgan fingerprint density at radius 3 is 3.12 bits per heavy atom. The third-order valence-electron chi connectivity index (χ3n) is 4.49. The number of carbonyl (C=O) groups excluding carboxylic acids is 1. The maximum absolute atomic E-state index is 12.2. The molecular formula is C17H25N5OS. The quantitative estimate of drug-likeness (QED) is 0.871. The van der Waals surface area contributed by atoms with Crippen LogP contribution in [0.5, 0.6) is 0 Å². The maximum atomic E-state index is 12.2. The molecule has 0 saturated carbocycles. The summed E-state index contributed by atoms with van der Waals surface area (Å²) in [6.07, 6.45) is 7.08. The van der Waals surface area contributed by atoms with Crippen LogP contribution in [-0.2, 0) is 24.2 Å².